The first kappa shape index (κ1) is 13.4. The van der Waals surface area contributed by atoms with Crippen LogP contribution in [0.3, 0.4) is 0 Å². The van der Waals surface area contributed by atoms with Gasteiger partial charge in [0.05, 0.1) is 17.9 Å². The lowest BCUT2D eigenvalue weighted by molar-refractivity contribution is -0.118. The fourth-order valence-electron chi connectivity index (χ4n) is 2.36. The number of carbonyl (C=O) groups excluding carboxylic acids is 1. The Morgan fingerprint density at radius 3 is 2.83 bits per heavy atom. The van der Waals surface area contributed by atoms with Gasteiger partial charge in [0.1, 0.15) is 0 Å². The molecule has 1 atom stereocenters. The summed E-state index contributed by atoms with van der Waals surface area (Å²) in [5, 5.41) is 0. The molecular formula is C13H18BrN3O. The van der Waals surface area contributed by atoms with E-state index in [2.05, 4.69) is 15.9 Å². The fourth-order valence-corrected chi connectivity index (χ4v) is 2.71. The smallest absolute Gasteiger partial charge is 0.246 e. The van der Waals surface area contributed by atoms with Gasteiger partial charge in [0.25, 0.3) is 0 Å². The van der Waals surface area contributed by atoms with Crippen LogP contribution in [0.4, 0.5) is 11.4 Å². The predicted molar refractivity (Wildman–Crippen MR) is 78.0 cm³/mol. The van der Waals surface area contributed by atoms with Crippen molar-refractivity contribution in [1.82, 2.24) is 0 Å². The molecule has 1 aromatic carbocycles. The van der Waals surface area contributed by atoms with Crippen molar-refractivity contribution < 1.29 is 4.79 Å². The van der Waals surface area contributed by atoms with E-state index in [-0.39, 0.29) is 11.9 Å². The van der Waals surface area contributed by atoms with Crippen LogP contribution in [0.1, 0.15) is 13.3 Å². The van der Waals surface area contributed by atoms with E-state index in [4.69, 9.17) is 5.73 Å². The van der Waals surface area contributed by atoms with Gasteiger partial charge in [-0.15, -0.1) is 0 Å². The molecule has 1 heterocycles. The first-order valence-electron chi connectivity index (χ1n) is 6.07. The Morgan fingerprint density at radius 1 is 1.44 bits per heavy atom. The summed E-state index contributed by atoms with van der Waals surface area (Å²) in [6.07, 6.45) is 0.810. The van der Waals surface area contributed by atoms with Crippen LogP contribution in [0.15, 0.2) is 22.7 Å². The van der Waals surface area contributed by atoms with Crippen molar-refractivity contribution in [3.63, 3.8) is 0 Å². The second kappa shape index (κ2) is 5.28. The van der Waals surface area contributed by atoms with Crippen LogP contribution >= 0.6 is 15.9 Å². The molecule has 0 radical (unpaired) electrons. The van der Waals surface area contributed by atoms with Crippen molar-refractivity contribution >= 4 is 33.2 Å². The second-order valence-corrected chi connectivity index (χ2v) is 5.59. The number of carbonyl (C=O) groups is 1. The summed E-state index contributed by atoms with van der Waals surface area (Å²) in [6.45, 7) is 3.05. The van der Waals surface area contributed by atoms with Gasteiger partial charge < -0.3 is 15.5 Å². The van der Waals surface area contributed by atoms with Crippen LogP contribution in [0.5, 0.6) is 0 Å². The quantitative estimate of drug-likeness (QED) is 0.928. The molecule has 0 bridgehead atoms. The van der Waals surface area contributed by atoms with Gasteiger partial charge in [-0.05, 0) is 38.1 Å². The maximum atomic E-state index is 12.2. The zero-order valence-electron chi connectivity index (χ0n) is 10.7. The zero-order valence-corrected chi connectivity index (χ0v) is 12.3. The highest BCUT2D eigenvalue weighted by Gasteiger charge is 2.30. The average molecular weight is 312 g/mol. The molecule has 18 heavy (non-hydrogen) atoms. The third-order valence-electron chi connectivity index (χ3n) is 3.27. The SMILES string of the molecule is CC(CCN)N1C(=O)CN(C)c2cc(Br)ccc21. The summed E-state index contributed by atoms with van der Waals surface area (Å²) in [5.74, 6) is 0.133. The molecule has 1 unspecified atom stereocenters. The molecule has 98 valence electrons. The second-order valence-electron chi connectivity index (χ2n) is 4.68. The van der Waals surface area contributed by atoms with E-state index in [0.717, 1.165) is 22.3 Å². The average Bonchev–Trinajstić information content (AvgIpc) is 2.30. The molecule has 0 aromatic heterocycles. The van der Waals surface area contributed by atoms with E-state index in [1.807, 2.05) is 42.0 Å². The van der Waals surface area contributed by atoms with Crippen molar-refractivity contribution in [2.24, 2.45) is 5.73 Å². The van der Waals surface area contributed by atoms with Crippen LogP contribution in [0.25, 0.3) is 0 Å². The van der Waals surface area contributed by atoms with E-state index < -0.39 is 0 Å². The van der Waals surface area contributed by atoms with E-state index in [9.17, 15) is 4.79 Å². The first-order chi connectivity index (χ1) is 8.54. The molecule has 1 amide bonds. The lowest BCUT2D eigenvalue weighted by atomic mass is 10.1. The van der Waals surface area contributed by atoms with Crippen molar-refractivity contribution in [3.8, 4) is 0 Å². The summed E-state index contributed by atoms with van der Waals surface area (Å²) in [5.41, 5.74) is 7.64. The Balaban J connectivity index is 2.43. The van der Waals surface area contributed by atoms with Gasteiger partial charge in [0.15, 0.2) is 0 Å². The van der Waals surface area contributed by atoms with Crippen LogP contribution in [-0.4, -0.2) is 32.1 Å². The van der Waals surface area contributed by atoms with E-state index in [0.29, 0.717) is 13.1 Å². The van der Waals surface area contributed by atoms with Crippen molar-refractivity contribution in [2.45, 2.75) is 19.4 Å². The Kier molecular flexibility index (Phi) is 3.92. The van der Waals surface area contributed by atoms with Crippen LogP contribution in [-0.2, 0) is 4.79 Å². The Labute approximate surface area is 116 Å². The maximum Gasteiger partial charge on any atom is 0.246 e. The van der Waals surface area contributed by atoms with Gasteiger partial charge in [-0.1, -0.05) is 15.9 Å². The molecule has 1 aliphatic heterocycles. The number of halogens is 1. The van der Waals surface area contributed by atoms with Crippen LogP contribution in [0.2, 0.25) is 0 Å². The molecule has 0 aliphatic carbocycles. The normalized spacial score (nSPS) is 16.8. The lowest BCUT2D eigenvalue weighted by Gasteiger charge is -2.38. The third-order valence-corrected chi connectivity index (χ3v) is 3.77. The number of rotatable bonds is 3. The Morgan fingerprint density at radius 2 is 2.17 bits per heavy atom. The molecule has 5 heteroatoms. The minimum atomic E-state index is 0.133. The number of anilines is 2. The van der Waals surface area contributed by atoms with Gasteiger partial charge in [-0.3, -0.25) is 4.79 Å². The van der Waals surface area contributed by atoms with Crippen molar-refractivity contribution in [2.75, 3.05) is 29.9 Å². The van der Waals surface area contributed by atoms with E-state index >= 15 is 0 Å². The summed E-state index contributed by atoms with van der Waals surface area (Å²) in [6, 6.07) is 6.13. The number of nitrogens with two attached hydrogens (primary N) is 1. The molecule has 2 N–H and O–H groups in total. The van der Waals surface area contributed by atoms with Gasteiger partial charge in [-0.25, -0.2) is 0 Å². The topological polar surface area (TPSA) is 49.6 Å². The molecular weight excluding hydrogens is 294 g/mol. The maximum absolute atomic E-state index is 12.2. The lowest BCUT2D eigenvalue weighted by Crippen LogP contribution is -2.49. The van der Waals surface area contributed by atoms with Crippen molar-refractivity contribution in [3.05, 3.63) is 22.7 Å². The molecule has 1 aliphatic rings. The van der Waals surface area contributed by atoms with Gasteiger partial charge in [-0.2, -0.15) is 0 Å². The number of amides is 1. The number of hydrogen-bond acceptors (Lipinski definition) is 3. The van der Waals surface area contributed by atoms with Gasteiger partial charge in [0.2, 0.25) is 5.91 Å². The molecule has 0 fully saturated rings. The highest BCUT2D eigenvalue weighted by Crippen LogP contribution is 2.36. The summed E-state index contributed by atoms with van der Waals surface area (Å²) in [4.78, 5) is 16.1. The number of nitrogens with zero attached hydrogens (tertiary/aromatic N) is 2. The van der Waals surface area contributed by atoms with E-state index in [1.165, 1.54) is 0 Å². The number of benzene rings is 1. The molecule has 0 saturated carbocycles. The zero-order chi connectivity index (χ0) is 13.3. The number of fused-ring (bicyclic) bond motifs is 1. The molecule has 0 spiro atoms. The monoisotopic (exact) mass is 311 g/mol. The van der Waals surface area contributed by atoms with E-state index in [1.54, 1.807) is 0 Å². The molecule has 1 aromatic rings. The third kappa shape index (κ3) is 2.37. The molecule has 2 rings (SSSR count). The molecule has 0 saturated heterocycles. The highest BCUT2D eigenvalue weighted by atomic mass is 79.9. The van der Waals surface area contributed by atoms with Gasteiger partial charge in [0, 0.05) is 17.6 Å². The highest BCUT2D eigenvalue weighted by molar-refractivity contribution is 9.10. The number of likely N-dealkylation sites (N-methyl/N-ethyl adjacent to an activating group) is 1. The Hall–Kier alpha value is -1.07. The minimum absolute atomic E-state index is 0.133. The van der Waals surface area contributed by atoms with Crippen LogP contribution < -0.4 is 15.5 Å². The summed E-state index contributed by atoms with van der Waals surface area (Å²) in [7, 11) is 1.94. The molecule has 4 nitrogen and oxygen atoms in total. The Bertz CT molecular complexity index is 464. The fraction of sp³-hybridized carbons (Fsp3) is 0.462. The summed E-state index contributed by atoms with van der Waals surface area (Å²) >= 11 is 3.47. The number of hydrogen-bond donors (Lipinski definition) is 1. The largest absolute Gasteiger partial charge is 0.364 e. The van der Waals surface area contributed by atoms with Crippen molar-refractivity contribution in [1.29, 1.82) is 0 Å². The van der Waals surface area contributed by atoms with Crippen LogP contribution in [0, 0.1) is 0 Å². The van der Waals surface area contributed by atoms with Gasteiger partial charge >= 0.3 is 0 Å². The first-order valence-corrected chi connectivity index (χ1v) is 6.86. The predicted octanol–water partition coefficient (Wildman–Crippen LogP) is 1.97. The standard InChI is InChI=1S/C13H18BrN3O/c1-9(5-6-15)17-11-4-3-10(14)7-12(11)16(2)8-13(17)18/h3-4,7,9H,5-6,8,15H2,1-2H3. The minimum Gasteiger partial charge on any atom is -0.364 e. The summed E-state index contributed by atoms with van der Waals surface area (Å²) < 4.78 is 1.02.